The summed E-state index contributed by atoms with van der Waals surface area (Å²) in [5.41, 5.74) is 0.473. The smallest absolute Gasteiger partial charge is 0.252 e. The largest absolute Gasteiger partial charge is 0.371 e. The Kier molecular flexibility index (Phi) is 4.94. The van der Waals surface area contributed by atoms with Crippen LogP contribution in [0.5, 0.6) is 0 Å². The molecule has 1 unspecified atom stereocenters. The molecule has 4 nitrogen and oxygen atoms in total. The predicted octanol–water partition coefficient (Wildman–Crippen LogP) is 3.71. The molecule has 0 spiro atoms. The van der Waals surface area contributed by atoms with Crippen molar-refractivity contribution in [1.82, 2.24) is 4.90 Å². The zero-order chi connectivity index (χ0) is 14.9. The molecule has 1 aliphatic rings. The molecule has 1 aromatic carbocycles. The standard InChI is InChI=1S/C13H13BrCl2N2O2/c1-2-3-18-11(19)6-10(13(18)20)17-12-8(15)4-7(14)5-9(12)16/h4-5,10,17H,2-3,6H2,1H3. The maximum absolute atomic E-state index is 12.1. The van der Waals surface area contributed by atoms with E-state index in [4.69, 9.17) is 23.2 Å². The number of carbonyl (C=O) groups is 2. The van der Waals surface area contributed by atoms with Crippen molar-refractivity contribution in [2.75, 3.05) is 11.9 Å². The molecule has 2 rings (SSSR count). The first-order chi connectivity index (χ1) is 9.43. The molecule has 0 aliphatic carbocycles. The number of imide groups is 1. The Morgan fingerprint density at radius 1 is 1.35 bits per heavy atom. The van der Waals surface area contributed by atoms with Gasteiger partial charge in [-0.1, -0.05) is 46.1 Å². The minimum Gasteiger partial charge on any atom is -0.371 e. The second-order valence-corrected chi connectivity index (χ2v) is 6.26. The van der Waals surface area contributed by atoms with Gasteiger partial charge < -0.3 is 5.32 Å². The van der Waals surface area contributed by atoms with Crippen molar-refractivity contribution in [1.29, 1.82) is 0 Å². The van der Waals surface area contributed by atoms with Crippen molar-refractivity contribution in [2.24, 2.45) is 0 Å². The van der Waals surface area contributed by atoms with Gasteiger partial charge in [0.1, 0.15) is 6.04 Å². The van der Waals surface area contributed by atoms with Gasteiger partial charge in [-0.05, 0) is 18.6 Å². The van der Waals surface area contributed by atoms with Crippen molar-refractivity contribution in [2.45, 2.75) is 25.8 Å². The molecule has 7 heteroatoms. The van der Waals surface area contributed by atoms with Gasteiger partial charge in [0.2, 0.25) is 5.91 Å². The third kappa shape index (κ3) is 3.10. The molecule has 2 amide bonds. The van der Waals surface area contributed by atoms with Gasteiger partial charge in [-0.25, -0.2) is 0 Å². The van der Waals surface area contributed by atoms with E-state index in [0.29, 0.717) is 22.3 Å². The normalized spacial score (nSPS) is 18.8. The summed E-state index contributed by atoms with van der Waals surface area (Å²) in [5, 5.41) is 3.78. The van der Waals surface area contributed by atoms with E-state index in [0.717, 1.165) is 10.9 Å². The van der Waals surface area contributed by atoms with Crippen LogP contribution in [0.4, 0.5) is 5.69 Å². The molecule has 20 heavy (non-hydrogen) atoms. The lowest BCUT2D eigenvalue weighted by molar-refractivity contribution is -0.138. The molecule has 1 atom stereocenters. The molecular weight excluding hydrogens is 367 g/mol. The molecule has 1 aliphatic heterocycles. The average molecular weight is 380 g/mol. The number of likely N-dealkylation sites (tertiary alicyclic amines) is 1. The highest BCUT2D eigenvalue weighted by molar-refractivity contribution is 9.10. The van der Waals surface area contributed by atoms with Crippen molar-refractivity contribution in [3.8, 4) is 0 Å². The van der Waals surface area contributed by atoms with E-state index in [-0.39, 0.29) is 18.2 Å². The monoisotopic (exact) mass is 378 g/mol. The predicted molar refractivity (Wildman–Crippen MR) is 83.2 cm³/mol. The van der Waals surface area contributed by atoms with E-state index < -0.39 is 6.04 Å². The highest BCUT2D eigenvalue weighted by Crippen LogP contribution is 2.35. The zero-order valence-corrected chi connectivity index (χ0v) is 13.8. The van der Waals surface area contributed by atoms with E-state index in [1.54, 1.807) is 12.1 Å². The Morgan fingerprint density at radius 3 is 2.50 bits per heavy atom. The maximum Gasteiger partial charge on any atom is 0.252 e. The van der Waals surface area contributed by atoms with E-state index in [1.807, 2.05) is 6.92 Å². The molecule has 1 saturated heterocycles. The fourth-order valence-corrected chi connectivity index (χ4v) is 3.43. The molecule has 0 radical (unpaired) electrons. The van der Waals surface area contributed by atoms with Gasteiger partial charge in [0.15, 0.2) is 0 Å². The molecule has 1 N–H and O–H groups in total. The molecular formula is C13H13BrCl2N2O2. The van der Waals surface area contributed by atoms with E-state index in [9.17, 15) is 9.59 Å². The molecule has 1 aromatic rings. The lowest BCUT2D eigenvalue weighted by atomic mass is 10.2. The fourth-order valence-electron chi connectivity index (χ4n) is 2.11. The van der Waals surface area contributed by atoms with E-state index >= 15 is 0 Å². The van der Waals surface area contributed by atoms with Crippen LogP contribution >= 0.6 is 39.1 Å². The van der Waals surface area contributed by atoms with Crippen LogP contribution in [0, 0.1) is 0 Å². The zero-order valence-electron chi connectivity index (χ0n) is 10.8. The number of carbonyl (C=O) groups excluding carboxylic acids is 2. The van der Waals surface area contributed by atoms with Gasteiger partial charge in [-0.2, -0.15) is 0 Å². The van der Waals surface area contributed by atoms with Crippen LogP contribution in [-0.2, 0) is 9.59 Å². The first kappa shape index (κ1) is 15.6. The SMILES string of the molecule is CCCN1C(=O)CC(Nc2c(Cl)cc(Br)cc2Cl)C1=O. The number of halogens is 3. The quantitative estimate of drug-likeness (QED) is 0.811. The first-order valence-corrected chi connectivity index (χ1v) is 7.74. The van der Waals surface area contributed by atoms with Crippen LogP contribution in [0.1, 0.15) is 19.8 Å². The topological polar surface area (TPSA) is 49.4 Å². The maximum atomic E-state index is 12.1. The third-order valence-electron chi connectivity index (χ3n) is 3.02. The summed E-state index contributed by atoms with van der Waals surface area (Å²) < 4.78 is 0.750. The first-order valence-electron chi connectivity index (χ1n) is 6.19. The summed E-state index contributed by atoms with van der Waals surface area (Å²) in [7, 11) is 0. The number of nitrogens with one attached hydrogen (secondary N) is 1. The Hall–Kier alpha value is -0.780. The summed E-state index contributed by atoms with van der Waals surface area (Å²) in [5.74, 6) is -0.398. The van der Waals surface area contributed by atoms with Crippen LogP contribution in [0.3, 0.4) is 0 Å². The minimum atomic E-state index is -0.606. The Morgan fingerprint density at radius 2 is 1.95 bits per heavy atom. The van der Waals surface area contributed by atoms with Crippen LogP contribution in [0.15, 0.2) is 16.6 Å². The number of rotatable bonds is 4. The van der Waals surface area contributed by atoms with Crippen molar-refractivity contribution >= 4 is 56.6 Å². The van der Waals surface area contributed by atoms with Crippen LogP contribution in [0.2, 0.25) is 10.0 Å². The molecule has 1 heterocycles. The summed E-state index contributed by atoms with van der Waals surface area (Å²) in [6.07, 6.45) is 0.867. The third-order valence-corrected chi connectivity index (χ3v) is 4.07. The average Bonchev–Trinajstić information content (AvgIpc) is 2.62. The van der Waals surface area contributed by atoms with Gasteiger partial charge in [-0.15, -0.1) is 0 Å². The number of nitrogens with zero attached hydrogens (tertiary/aromatic N) is 1. The lowest BCUT2D eigenvalue weighted by Gasteiger charge is -2.17. The minimum absolute atomic E-state index is 0.127. The summed E-state index contributed by atoms with van der Waals surface area (Å²) >= 11 is 15.5. The van der Waals surface area contributed by atoms with Crippen molar-refractivity contribution in [3.05, 3.63) is 26.7 Å². The van der Waals surface area contributed by atoms with E-state index in [2.05, 4.69) is 21.2 Å². The summed E-state index contributed by atoms with van der Waals surface area (Å²) in [6.45, 7) is 2.36. The van der Waals surface area contributed by atoms with Crippen molar-refractivity contribution < 1.29 is 9.59 Å². The second-order valence-electron chi connectivity index (χ2n) is 4.53. The number of anilines is 1. The second kappa shape index (κ2) is 6.33. The number of amides is 2. The molecule has 1 fully saturated rings. The van der Waals surface area contributed by atoms with Gasteiger partial charge >= 0.3 is 0 Å². The summed E-state index contributed by atoms with van der Waals surface area (Å²) in [6, 6.07) is 2.76. The van der Waals surface area contributed by atoms with Gasteiger partial charge in [-0.3, -0.25) is 14.5 Å². The van der Waals surface area contributed by atoms with Gasteiger partial charge in [0.25, 0.3) is 5.91 Å². The number of hydrogen-bond acceptors (Lipinski definition) is 3. The van der Waals surface area contributed by atoms with E-state index in [1.165, 1.54) is 4.90 Å². The van der Waals surface area contributed by atoms with Crippen LogP contribution < -0.4 is 5.32 Å². The van der Waals surface area contributed by atoms with Crippen molar-refractivity contribution in [3.63, 3.8) is 0 Å². The molecule has 0 aromatic heterocycles. The van der Waals surface area contributed by atoms with Crippen LogP contribution in [-0.4, -0.2) is 29.3 Å². The van der Waals surface area contributed by atoms with Gasteiger partial charge in [0, 0.05) is 11.0 Å². The number of hydrogen-bond donors (Lipinski definition) is 1. The highest BCUT2D eigenvalue weighted by atomic mass is 79.9. The Labute approximate surface area is 135 Å². The fraction of sp³-hybridized carbons (Fsp3) is 0.385. The number of benzene rings is 1. The molecule has 108 valence electrons. The Balaban J connectivity index is 2.20. The highest BCUT2D eigenvalue weighted by Gasteiger charge is 2.38. The summed E-state index contributed by atoms with van der Waals surface area (Å²) in [4.78, 5) is 25.2. The molecule has 0 bridgehead atoms. The van der Waals surface area contributed by atoms with Gasteiger partial charge in [0.05, 0.1) is 22.2 Å². The lowest BCUT2D eigenvalue weighted by Crippen LogP contribution is -2.35. The molecule has 0 saturated carbocycles. The van der Waals surface area contributed by atoms with Crippen LogP contribution in [0.25, 0.3) is 0 Å². The Bertz CT molecular complexity index is 542.